The molecule has 1 aliphatic rings. The lowest BCUT2D eigenvalue weighted by atomic mass is 10.0. The molecule has 3 aromatic rings. The molecule has 1 amide bonds. The largest absolute Gasteiger partial charge is 0.486 e. The van der Waals surface area contributed by atoms with Gasteiger partial charge in [-0.25, -0.2) is 14.8 Å². The Labute approximate surface area is 210 Å². The van der Waals surface area contributed by atoms with Crippen molar-refractivity contribution in [2.24, 2.45) is 0 Å². The standard InChI is InChI=1S/C24H26F3N5O3S/c1-22(2,3)35-21(33)32(6)17-8-14(24(25,26)27)10-29-19(17)31-20-30-16(12-36-20)15-7-13-9-23(4,5)34-18(13)11-28-15/h7-8,10-12H,9H2,1-6H3,(H,29,30,31). The zero-order valence-electron chi connectivity index (χ0n) is 20.6. The number of carbonyl (C=O) groups is 1. The predicted molar refractivity (Wildman–Crippen MR) is 131 cm³/mol. The molecule has 0 saturated heterocycles. The highest BCUT2D eigenvalue weighted by molar-refractivity contribution is 7.14. The molecule has 0 spiro atoms. The van der Waals surface area contributed by atoms with Gasteiger partial charge >= 0.3 is 12.3 Å². The molecule has 1 N–H and O–H groups in total. The fourth-order valence-corrected chi connectivity index (χ4v) is 4.29. The number of hydrogen-bond acceptors (Lipinski definition) is 8. The van der Waals surface area contributed by atoms with E-state index < -0.39 is 23.4 Å². The number of carbonyl (C=O) groups excluding carboxylic acids is 1. The Balaban J connectivity index is 1.62. The Morgan fingerprint density at radius 2 is 1.89 bits per heavy atom. The molecule has 0 aliphatic carbocycles. The second kappa shape index (κ2) is 8.91. The van der Waals surface area contributed by atoms with Gasteiger partial charge < -0.3 is 14.8 Å². The van der Waals surface area contributed by atoms with Crippen LogP contribution in [-0.2, 0) is 17.3 Å². The first-order valence-corrected chi connectivity index (χ1v) is 11.9. The molecular formula is C24H26F3N5O3S. The van der Waals surface area contributed by atoms with Crippen LogP contribution in [0.1, 0.15) is 45.7 Å². The third-order valence-electron chi connectivity index (χ3n) is 5.17. The van der Waals surface area contributed by atoms with E-state index in [4.69, 9.17) is 9.47 Å². The first kappa shape index (κ1) is 25.7. The first-order valence-electron chi connectivity index (χ1n) is 11.1. The molecule has 0 radical (unpaired) electrons. The van der Waals surface area contributed by atoms with Crippen molar-refractivity contribution in [3.05, 3.63) is 41.0 Å². The van der Waals surface area contributed by atoms with E-state index in [0.717, 1.165) is 28.7 Å². The summed E-state index contributed by atoms with van der Waals surface area (Å²) in [6.07, 6.45) is -2.35. The number of alkyl halides is 3. The van der Waals surface area contributed by atoms with E-state index in [0.29, 0.717) is 22.7 Å². The number of fused-ring (bicyclic) bond motifs is 1. The second-order valence-electron chi connectivity index (χ2n) is 10.0. The Bertz CT molecular complexity index is 1300. The maximum absolute atomic E-state index is 13.4. The Morgan fingerprint density at radius 3 is 2.56 bits per heavy atom. The van der Waals surface area contributed by atoms with Crippen LogP contribution in [0.5, 0.6) is 5.75 Å². The molecule has 0 bridgehead atoms. The fourth-order valence-electron chi connectivity index (χ4n) is 3.59. The van der Waals surface area contributed by atoms with Crippen LogP contribution in [-0.4, -0.2) is 39.3 Å². The van der Waals surface area contributed by atoms with Gasteiger partial charge in [-0.15, -0.1) is 11.3 Å². The van der Waals surface area contributed by atoms with Crippen LogP contribution in [0.4, 0.5) is 34.6 Å². The van der Waals surface area contributed by atoms with Crippen molar-refractivity contribution in [3.63, 3.8) is 0 Å². The number of pyridine rings is 2. The molecule has 1 aliphatic heterocycles. The minimum absolute atomic E-state index is 0.0225. The average Bonchev–Trinajstić information content (AvgIpc) is 3.33. The number of thiazole rings is 1. The number of nitrogens with one attached hydrogen (secondary N) is 1. The van der Waals surface area contributed by atoms with Crippen LogP contribution in [0.3, 0.4) is 0 Å². The van der Waals surface area contributed by atoms with E-state index >= 15 is 0 Å². The van der Waals surface area contributed by atoms with Gasteiger partial charge in [0.25, 0.3) is 0 Å². The molecule has 0 fully saturated rings. The lowest BCUT2D eigenvalue weighted by Crippen LogP contribution is -2.34. The molecule has 3 aromatic heterocycles. The summed E-state index contributed by atoms with van der Waals surface area (Å²) in [7, 11) is 1.32. The molecule has 4 heterocycles. The summed E-state index contributed by atoms with van der Waals surface area (Å²) in [6, 6.07) is 2.76. The molecule has 0 unspecified atom stereocenters. The SMILES string of the molecule is CN(C(=O)OC(C)(C)C)c1cc(C(F)(F)F)cnc1Nc1nc(-c2cc3c(cn2)OC(C)(C)C3)cs1. The minimum Gasteiger partial charge on any atom is -0.486 e. The van der Waals surface area contributed by atoms with E-state index in [1.807, 2.05) is 19.9 Å². The molecular weight excluding hydrogens is 495 g/mol. The number of amides is 1. The molecule has 36 heavy (non-hydrogen) atoms. The van der Waals surface area contributed by atoms with Crippen molar-refractivity contribution < 1.29 is 27.4 Å². The van der Waals surface area contributed by atoms with E-state index in [1.165, 1.54) is 18.4 Å². The highest BCUT2D eigenvalue weighted by atomic mass is 32.1. The second-order valence-corrected chi connectivity index (χ2v) is 10.9. The zero-order valence-corrected chi connectivity index (χ0v) is 21.5. The average molecular weight is 522 g/mol. The topological polar surface area (TPSA) is 89.5 Å². The number of nitrogens with zero attached hydrogens (tertiary/aromatic N) is 4. The predicted octanol–water partition coefficient (Wildman–Crippen LogP) is 6.45. The summed E-state index contributed by atoms with van der Waals surface area (Å²) in [5, 5.41) is 5.08. The number of rotatable bonds is 4. The van der Waals surface area contributed by atoms with E-state index in [1.54, 1.807) is 32.3 Å². The summed E-state index contributed by atoms with van der Waals surface area (Å²) in [4.78, 5) is 26.5. The van der Waals surface area contributed by atoms with Crippen LogP contribution in [0.2, 0.25) is 0 Å². The third kappa shape index (κ3) is 5.69. The van der Waals surface area contributed by atoms with Crippen LogP contribution < -0.4 is 15.0 Å². The van der Waals surface area contributed by atoms with E-state index in [2.05, 4.69) is 20.3 Å². The van der Waals surface area contributed by atoms with Crippen LogP contribution in [0.15, 0.2) is 29.9 Å². The molecule has 192 valence electrons. The van der Waals surface area contributed by atoms with Crippen molar-refractivity contribution >= 4 is 34.1 Å². The molecule has 8 nitrogen and oxygen atoms in total. The molecule has 0 aromatic carbocycles. The quantitative estimate of drug-likeness (QED) is 0.422. The van der Waals surface area contributed by atoms with Gasteiger partial charge in [0.1, 0.15) is 22.6 Å². The lowest BCUT2D eigenvalue weighted by molar-refractivity contribution is -0.137. The number of halogens is 3. The van der Waals surface area contributed by atoms with Crippen molar-refractivity contribution in [2.75, 3.05) is 17.3 Å². The number of hydrogen-bond donors (Lipinski definition) is 1. The monoisotopic (exact) mass is 521 g/mol. The smallest absolute Gasteiger partial charge is 0.417 e. The highest BCUT2D eigenvalue weighted by Crippen LogP contribution is 2.38. The summed E-state index contributed by atoms with van der Waals surface area (Å²) in [6.45, 7) is 9.00. The Morgan fingerprint density at radius 1 is 1.17 bits per heavy atom. The number of aromatic nitrogens is 3. The van der Waals surface area contributed by atoms with Gasteiger partial charge in [0.15, 0.2) is 10.9 Å². The number of anilines is 3. The van der Waals surface area contributed by atoms with Crippen LogP contribution >= 0.6 is 11.3 Å². The van der Waals surface area contributed by atoms with Gasteiger partial charge in [-0.2, -0.15) is 13.2 Å². The van der Waals surface area contributed by atoms with Gasteiger partial charge in [0.05, 0.1) is 23.1 Å². The molecule has 12 heteroatoms. The normalized spacial score (nSPS) is 14.7. The van der Waals surface area contributed by atoms with Crippen molar-refractivity contribution in [1.82, 2.24) is 15.0 Å². The van der Waals surface area contributed by atoms with Gasteiger partial charge in [0.2, 0.25) is 0 Å². The van der Waals surface area contributed by atoms with Crippen molar-refractivity contribution in [3.8, 4) is 17.1 Å². The van der Waals surface area contributed by atoms with Crippen molar-refractivity contribution in [1.29, 1.82) is 0 Å². The zero-order chi connectivity index (χ0) is 26.5. The minimum atomic E-state index is -4.64. The van der Waals surface area contributed by atoms with Gasteiger partial charge in [-0.3, -0.25) is 9.88 Å². The van der Waals surface area contributed by atoms with E-state index in [-0.39, 0.29) is 17.1 Å². The van der Waals surface area contributed by atoms with Gasteiger partial charge in [-0.05, 0) is 46.8 Å². The van der Waals surface area contributed by atoms with E-state index in [9.17, 15) is 18.0 Å². The summed E-state index contributed by atoms with van der Waals surface area (Å²) in [5.74, 6) is 0.760. The molecule has 0 saturated carbocycles. The third-order valence-corrected chi connectivity index (χ3v) is 5.92. The van der Waals surface area contributed by atoms with Crippen LogP contribution in [0.25, 0.3) is 11.4 Å². The fraction of sp³-hybridized carbons (Fsp3) is 0.417. The van der Waals surface area contributed by atoms with Crippen molar-refractivity contribution in [2.45, 2.75) is 58.4 Å². The Kier molecular flexibility index (Phi) is 6.36. The van der Waals surface area contributed by atoms with Gasteiger partial charge in [0, 0.05) is 30.6 Å². The summed E-state index contributed by atoms with van der Waals surface area (Å²) >= 11 is 1.23. The number of ether oxygens (including phenoxy) is 2. The van der Waals surface area contributed by atoms with Gasteiger partial charge in [-0.1, -0.05) is 0 Å². The lowest BCUT2D eigenvalue weighted by Gasteiger charge is -2.26. The van der Waals surface area contributed by atoms with Crippen LogP contribution in [0, 0.1) is 0 Å². The summed E-state index contributed by atoms with van der Waals surface area (Å²) < 4.78 is 51.3. The maximum atomic E-state index is 13.4. The first-order chi connectivity index (χ1) is 16.6. The summed E-state index contributed by atoms with van der Waals surface area (Å²) in [5.41, 5.74) is 0.0217. The molecule has 4 rings (SSSR count). The highest BCUT2D eigenvalue weighted by Gasteiger charge is 2.34. The Hall–Kier alpha value is -3.41. The maximum Gasteiger partial charge on any atom is 0.417 e. The molecule has 0 atom stereocenters.